The van der Waals surface area contributed by atoms with Crippen molar-refractivity contribution in [3.05, 3.63) is 29.8 Å². The maximum atomic E-state index is 13.2. The molecule has 0 aliphatic carbocycles. The van der Waals surface area contributed by atoms with Crippen molar-refractivity contribution in [2.75, 3.05) is 7.11 Å². The highest BCUT2D eigenvalue weighted by atomic mass is 32.2. The summed E-state index contributed by atoms with van der Waals surface area (Å²) >= 11 is 1.16. The Labute approximate surface area is 109 Å². The predicted molar refractivity (Wildman–Crippen MR) is 63.7 cm³/mol. The molecule has 9 heteroatoms. The number of nitrogens with zero attached hydrogens (tertiary/aromatic N) is 2. The molecule has 0 amide bonds. The summed E-state index contributed by atoms with van der Waals surface area (Å²) in [5.41, 5.74) is -2.46. The van der Waals surface area contributed by atoms with Crippen LogP contribution in [0.2, 0.25) is 0 Å². The number of rotatable bonds is 2. The van der Waals surface area contributed by atoms with E-state index < -0.39 is 11.8 Å². The van der Waals surface area contributed by atoms with E-state index in [0.29, 0.717) is 29.2 Å². The summed E-state index contributed by atoms with van der Waals surface area (Å²) in [6, 6.07) is 5.58. The van der Waals surface area contributed by atoms with Gasteiger partial charge in [0.2, 0.25) is 0 Å². The van der Waals surface area contributed by atoms with Crippen LogP contribution in [0.15, 0.2) is 32.4 Å². The molecule has 0 fully saturated rings. The minimum Gasteiger partial charge on any atom is -0.497 e. The van der Waals surface area contributed by atoms with Gasteiger partial charge in [-0.15, -0.1) is 3.77 Å². The molecule has 1 atom stereocenters. The van der Waals surface area contributed by atoms with Crippen LogP contribution in [0.4, 0.5) is 13.2 Å². The Morgan fingerprint density at radius 3 is 2.39 bits per heavy atom. The van der Waals surface area contributed by atoms with Crippen molar-refractivity contribution < 1.29 is 17.9 Å². The number of methoxy groups -OCH3 is 1. The monoisotopic (exact) mass is 295 g/mol. The molecule has 1 N–H and O–H groups in total. The number of hydrogen-bond donors (Lipinski definition) is 1. The predicted octanol–water partition coefficient (Wildman–Crippen LogP) is 3.03. The molecule has 1 aromatic carbocycles. The fourth-order valence-electron chi connectivity index (χ4n) is 1.42. The maximum Gasteiger partial charge on any atom is 0.433 e. The van der Waals surface area contributed by atoms with Gasteiger partial charge in [-0.2, -0.15) is 17.5 Å². The summed E-state index contributed by atoms with van der Waals surface area (Å²) in [4.78, 5) is 0. The zero-order valence-electron chi connectivity index (χ0n) is 9.06. The van der Waals surface area contributed by atoms with Gasteiger partial charge in [0.1, 0.15) is 5.75 Å². The molecule has 0 spiro atoms. The number of hydrogen-bond acceptors (Lipinski definition) is 5. The highest BCUT2D eigenvalue weighted by Gasteiger charge is 2.58. The lowest BCUT2D eigenvalue weighted by Crippen LogP contribution is -2.50. The molecule has 18 heavy (non-hydrogen) atoms. The van der Waals surface area contributed by atoms with Crippen LogP contribution >= 0.6 is 12.1 Å². The molecule has 0 radical (unpaired) electrons. The number of alkyl halides is 3. The lowest BCUT2D eigenvalue weighted by Gasteiger charge is -2.31. The second-order valence-electron chi connectivity index (χ2n) is 3.38. The van der Waals surface area contributed by atoms with Gasteiger partial charge >= 0.3 is 6.18 Å². The van der Waals surface area contributed by atoms with Gasteiger partial charge in [-0.25, -0.2) is 4.72 Å². The van der Waals surface area contributed by atoms with E-state index in [0.717, 1.165) is 0 Å². The van der Waals surface area contributed by atoms with E-state index in [-0.39, 0.29) is 5.56 Å². The molecule has 1 unspecified atom stereocenters. The standard InChI is InChI=1S/C9H8F3N3OS2/c1-16-7-4-2-6(3-5-7)8(9(10,11)12)13-17-15-18-14-8/h2-5,13H,1H3. The molecule has 1 aliphatic heterocycles. The first kappa shape index (κ1) is 13.4. The summed E-state index contributed by atoms with van der Waals surface area (Å²) in [7, 11) is 1.45. The largest absolute Gasteiger partial charge is 0.497 e. The van der Waals surface area contributed by atoms with Gasteiger partial charge < -0.3 is 4.74 Å². The zero-order chi connectivity index (χ0) is 13.2. The van der Waals surface area contributed by atoms with Crippen molar-refractivity contribution in [1.82, 2.24) is 4.72 Å². The average molecular weight is 295 g/mol. The third-order valence-electron chi connectivity index (χ3n) is 2.36. The number of benzene rings is 1. The Kier molecular flexibility index (Phi) is 3.64. The molecule has 1 aliphatic rings. The molecule has 0 saturated carbocycles. The summed E-state index contributed by atoms with van der Waals surface area (Å²) in [6.45, 7) is 0. The Morgan fingerprint density at radius 1 is 1.28 bits per heavy atom. The van der Waals surface area contributed by atoms with Crippen molar-refractivity contribution in [2.24, 2.45) is 8.13 Å². The van der Waals surface area contributed by atoms with Crippen LogP contribution in [-0.4, -0.2) is 13.3 Å². The first-order chi connectivity index (χ1) is 8.49. The average Bonchev–Trinajstić information content (AvgIpc) is 2.38. The Bertz CT molecular complexity index is 499. The Morgan fingerprint density at radius 2 is 1.94 bits per heavy atom. The molecule has 98 valence electrons. The Balaban J connectivity index is 2.50. The summed E-state index contributed by atoms with van der Waals surface area (Å²) in [5.74, 6) is 0.483. The van der Waals surface area contributed by atoms with E-state index in [2.05, 4.69) is 12.9 Å². The van der Waals surface area contributed by atoms with Gasteiger partial charge in [-0.3, -0.25) is 0 Å². The first-order valence-corrected chi connectivity index (χ1v) is 6.23. The van der Waals surface area contributed by atoms with Crippen LogP contribution in [0.5, 0.6) is 5.75 Å². The van der Waals surface area contributed by atoms with Crippen molar-refractivity contribution in [3.8, 4) is 5.75 Å². The molecule has 0 saturated heterocycles. The maximum absolute atomic E-state index is 13.2. The fourth-order valence-corrected chi connectivity index (χ4v) is 2.68. The van der Waals surface area contributed by atoms with Crippen LogP contribution in [0, 0.1) is 0 Å². The first-order valence-electron chi connectivity index (χ1n) is 4.73. The minimum absolute atomic E-state index is 0.00861. The second kappa shape index (κ2) is 4.90. The van der Waals surface area contributed by atoms with E-state index in [1.165, 1.54) is 31.4 Å². The fraction of sp³-hybridized carbons (Fsp3) is 0.333. The lowest BCUT2D eigenvalue weighted by molar-refractivity contribution is -0.191. The van der Waals surface area contributed by atoms with Gasteiger partial charge in [0.05, 0.1) is 30.6 Å². The van der Waals surface area contributed by atoms with Gasteiger partial charge in [-0.1, -0.05) is 12.1 Å². The SMILES string of the molecule is COc1ccc(C2(C(F)(F)F)N=S=NSN2)cc1. The topological polar surface area (TPSA) is 46.0 Å². The summed E-state index contributed by atoms with van der Waals surface area (Å²) < 4.78 is 53.8. The molecule has 0 aromatic heterocycles. The molecule has 4 nitrogen and oxygen atoms in total. The number of halogens is 3. The Hall–Kier alpha value is -1.06. The van der Waals surface area contributed by atoms with Crippen molar-refractivity contribution in [3.63, 3.8) is 0 Å². The van der Waals surface area contributed by atoms with E-state index in [1.54, 1.807) is 0 Å². The highest BCUT2D eigenvalue weighted by molar-refractivity contribution is 7.99. The minimum atomic E-state index is -4.56. The summed E-state index contributed by atoms with van der Waals surface area (Å²) in [5, 5.41) is 0. The van der Waals surface area contributed by atoms with Crippen LogP contribution in [-0.2, 0) is 17.0 Å². The van der Waals surface area contributed by atoms with Gasteiger partial charge in [-0.05, 0) is 12.1 Å². The highest BCUT2D eigenvalue weighted by Crippen LogP contribution is 2.43. The smallest absolute Gasteiger partial charge is 0.433 e. The van der Waals surface area contributed by atoms with E-state index in [9.17, 15) is 13.2 Å². The van der Waals surface area contributed by atoms with E-state index in [4.69, 9.17) is 4.74 Å². The van der Waals surface area contributed by atoms with Crippen molar-refractivity contribution in [1.29, 1.82) is 0 Å². The molecule has 1 aromatic rings. The van der Waals surface area contributed by atoms with Gasteiger partial charge in [0.25, 0.3) is 5.66 Å². The van der Waals surface area contributed by atoms with Gasteiger partial charge in [0.15, 0.2) is 0 Å². The molecule has 1 heterocycles. The molecular formula is C9H8F3N3OS2. The van der Waals surface area contributed by atoms with Crippen molar-refractivity contribution >= 4 is 23.5 Å². The van der Waals surface area contributed by atoms with Crippen LogP contribution in [0.1, 0.15) is 5.56 Å². The molecule has 0 bridgehead atoms. The van der Waals surface area contributed by atoms with Crippen molar-refractivity contribution in [2.45, 2.75) is 11.8 Å². The number of ether oxygens (including phenoxy) is 1. The third-order valence-corrected chi connectivity index (χ3v) is 3.67. The molecule has 2 rings (SSSR count). The van der Waals surface area contributed by atoms with Crippen LogP contribution in [0.25, 0.3) is 0 Å². The zero-order valence-corrected chi connectivity index (χ0v) is 10.7. The molecular weight excluding hydrogens is 287 g/mol. The number of nitrogens with one attached hydrogen (secondary N) is 1. The van der Waals surface area contributed by atoms with Gasteiger partial charge in [0, 0.05) is 5.56 Å². The normalized spacial score (nSPS) is 23.6. The van der Waals surface area contributed by atoms with E-state index >= 15 is 0 Å². The van der Waals surface area contributed by atoms with E-state index in [1.807, 2.05) is 0 Å². The third kappa shape index (κ3) is 2.25. The second-order valence-corrected chi connectivity index (χ2v) is 4.71. The van der Waals surface area contributed by atoms with Crippen LogP contribution in [0.3, 0.4) is 0 Å². The van der Waals surface area contributed by atoms with Crippen LogP contribution < -0.4 is 9.46 Å². The summed E-state index contributed by atoms with van der Waals surface area (Å²) in [6.07, 6.45) is -4.56. The lowest BCUT2D eigenvalue weighted by atomic mass is 10.0. The quantitative estimate of drug-likeness (QED) is 0.853.